The molecule has 1 atom stereocenters. The molecule has 1 aliphatic rings. The second-order valence-electron chi connectivity index (χ2n) is 3.19. The van der Waals surface area contributed by atoms with Gasteiger partial charge in [-0.25, -0.2) is 0 Å². The first-order valence-electron chi connectivity index (χ1n) is 4.49. The van der Waals surface area contributed by atoms with Crippen molar-refractivity contribution >= 4 is 11.8 Å². The lowest BCUT2D eigenvalue weighted by atomic mass is 10.2. The van der Waals surface area contributed by atoms with Crippen molar-refractivity contribution in [1.29, 1.82) is 0 Å². The van der Waals surface area contributed by atoms with Crippen LogP contribution in [0.5, 0.6) is 0 Å². The molecule has 4 nitrogen and oxygen atoms in total. The van der Waals surface area contributed by atoms with E-state index in [9.17, 15) is 0 Å². The zero-order valence-corrected chi connectivity index (χ0v) is 8.20. The smallest absolute Gasteiger partial charge is 0.158 e. The molecule has 2 rings (SSSR count). The summed E-state index contributed by atoms with van der Waals surface area (Å²) in [6.45, 7) is 0.922. The predicted molar refractivity (Wildman–Crippen MR) is 51.4 cm³/mol. The van der Waals surface area contributed by atoms with Crippen molar-refractivity contribution in [2.75, 3.05) is 5.75 Å². The van der Waals surface area contributed by atoms with Crippen molar-refractivity contribution < 1.29 is 5.11 Å². The number of hydrogen-bond donors (Lipinski definition) is 1. The molecule has 0 radical (unpaired) electrons. The van der Waals surface area contributed by atoms with Crippen LogP contribution in [0.3, 0.4) is 0 Å². The fourth-order valence-electron chi connectivity index (χ4n) is 1.56. The molecule has 0 spiro atoms. The van der Waals surface area contributed by atoms with Gasteiger partial charge in [-0.2, -0.15) is 11.8 Å². The van der Waals surface area contributed by atoms with Crippen molar-refractivity contribution in [1.82, 2.24) is 14.8 Å². The second kappa shape index (κ2) is 4.11. The molecular formula is C8H13N3OS. The van der Waals surface area contributed by atoms with E-state index in [2.05, 4.69) is 10.2 Å². The number of aliphatic hydroxyl groups is 1. The highest BCUT2D eigenvalue weighted by atomic mass is 32.2. The van der Waals surface area contributed by atoms with E-state index in [-0.39, 0.29) is 6.61 Å². The van der Waals surface area contributed by atoms with Gasteiger partial charge in [-0.15, -0.1) is 10.2 Å². The van der Waals surface area contributed by atoms with Gasteiger partial charge in [0.25, 0.3) is 0 Å². The number of nitrogens with zero attached hydrogens (tertiary/aromatic N) is 3. The van der Waals surface area contributed by atoms with Gasteiger partial charge in [0.15, 0.2) is 5.82 Å². The van der Waals surface area contributed by atoms with Crippen LogP contribution < -0.4 is 0 Å². The van der Waals surface area contributed by atoms with Gasteiger partial charge in [0, 0.05) is 11.8 Å². The second-order valence-corrected chi connectivity index (χ2v) is 4.60. The van der Waals surface area contributed by atoms with E-state index in [4.69, 9.17) is 5.11 Å². The summed E-state index contributed by atoms with van der Waals surface area (Å²) in [4.78, 5) is 0. The standard InChI is InChI=1S/C8H13N3OS/c12-5-8-10-9-6-11(8)4-7-2-1-3-13-7/h6-7,12H,1-5H2. The van der Waals surface area contributed by atoms with Gasteiger partial charge < -0.3 is 9.67 Å². The number of aromatic nitrogens is 3. The molecule has 1 N–H and O–H groups in total. The Kier molecular flexibility index (Phi) is 2.85. The third kappa shape index (κ3) is 2.03. The minimum Gasteiger partial charge on any atom is -0.388 e. The first kappa shape index (κ1) is 9.02. The van der Waals surface area contributed by atoms with Crippen LogP contribution in [0.2, 0.25) is 0 Å². The van der Waals surface area contributed by atoms with Crippen molar-refractivity contribution in [2.45, 2.75) is 31.2 Å². The van der Waals surface area contributed by atoms with Crippen LogP contribution in [0.4, 0.5) is 0 Å². The third-order valence-electron chi connectivity index (χ3n) is 2.26. The molecule has 1 unspecified atom stereocenters. The number of aliphatic hydroxyl groups excluding tert-OH is 1. The first-order valence-corrected chi connectivity index (χ1v) is 5.54. The monoisotopic (exact) mass is 199 g/mol. The Bertz CT molecular complexity index is 270. The molecule has 1 aromatic rings. The summed E-state index contributed by atoms with van der Waals surface area (Å²) in [5, 5.41) is 17.2. The SMILES string of the molecule is OCc1nncn1CC1CCCS1. The van der Waals surface area contributed by atoms with Gasteiger partial charge in [0.2, 0.25) is 0 Å². The Morgan fingerprint density at radius 3 is 3.31 bits per heavy atom. The van der Waals surface area contributed by atoms with Gasteiger partial charge in [-0.1, -0.05) is 0 Å². The van der Waals surface area contributed by atoms with Crippen LogP contribution in [0.25, 0.3) is 0 Å². The third-order valence-corrected chi connectivity index (χ3v) is 3.64. The molecule has 0 saturated carbocycles. The Balaban J connectivity index is 1.99. The maximum Gasteiger partial charge on any atom is 0.158 e. The molecule has 13 heavy (non-hydrogen) atoms. The van der Waals surface area contributed by atoms with Crippen LogP contribution in [0.1, 0.15) is 18.7 Å². The van der Waals surface area contributed by atoms with E-state index >= 15 is 0 Å². The Morgan fingerprint density at radius 1 is 1.69 bits per heavy atom. The minimum atomic E-state index is -0.0165. The molecule has 1 saturated heterocycles. The lowest BCUT2D eigenvalue weighted by Crippen LogP contribution is -2.12. The van der Waals surface area contributed by atoms with Crippen molar-refractivity contribution in [3.63, 3.8) is 0 Å². The summed E-state index contributed by atoms with van der Waals surface area (Å²) in [5.41, 5.74) is 0. The Morgan fingerprint density at radius 2 is 2.62 bits per heavy atom. The summed E-state index contributed by atoms with van der Waals surface area (Å²) >= 11 is 2.00. The van der Waals surface area contributed by atoms with Crippen LogP contribution in [0, 0.1) is 0 Å². The zero-order chi connectivity index (χ0) is 9.10. The fraction of sp³-hybridized carbons (Fsp3) is 0.750. The van der Waals surface area contributed by atoms with Gasteiger partial charge in [0.05, 0.1) is 0 Å². The summed E-state index contributed by atoms with van der Waals surface area (Å²) in [6.07, 6.45) is 4.28. The average Bonchev–Trinajstić information content (AvgIpc) is 2.76. The molecule has 0 aromatic carbocycles. The van der Waals surface area contributed by atoms with Crippen molar-refractivity contribution in [2.24, 2.45) is 0 Å². The number of rotatable bonds is 3. The van der Waals surface area contributed by atoms with Crippen LogP contribution in [-0.4, -0.2) is 30.9 Å². The van der Waals surface area contributed by atoms with Crippen LogP contribution in [0.15, 0.2) is 6.33 Å². The fourth-order valence-corrected chi connectivity index (χ4v) is 2.83. The van der Waals surface area contributed by atoms with E-state index in [0.717, 1.165) is 6.54 Å². The molecule has 72 valence electrons. The minimum absolute atomic E-state index is 0.0165. The van der Waals surface area contributed by atoms with Crippen LogP contribution >= 0.6 is 11.8 Å². The number of hydrogen-bond acceptors (Lipinski definition) is 4. The number of thioether (sulfide) groups is 1. The average molecular weight is 199 g/mol. The Hall–Kier alpha value is -0.550. The van der Waals surface area contributed by atoms with Gasteiger partial charge in [-0.3, -0.25) is 0 Å². The van der Waals surface area contributed by atoms with E-state index in [1.54, 1.807) is 6.33 Å². The van der Waals surface area contributed by atoms with Gasteiger partial charge in [-0.05, 0) is 18.6 Å². The maximum absolute atomic E-state index is 8.95. The van der Waals surface area contributed by atoms with E-state index in [1.807, 2.05) is 16.3 Å². The molecular weight excluding hydrogens is 186 g/mol. The normalized spacial score (nSPS) is 22.4. The largest absolute Gasteiger partial charge is 0.388 e. The van der Waals surface area contributed by atoms with Gasteiger partial charge in [0.1, 0.15) is 12.9 Å². The summed E-state index contributed by atoms with van der Waals surface area (Å²) in [6, 6.07) is 0. The van der Waals surface area contributed by atoms with E-state index in [0.29, 0.717) is 11.1 Å². The first-order chi connectivity index (χ1) is 6.40. The predicted octanol–water partition coefficient (Wildman–Crippen LogP) is 0.666. The highest BCUT2D eigenvalue weighted by molar-refractivity contribution is 8.00. The molecule has 5 heteroatoms. The summed E-state index contributed by atoms with van der Waals surface area (Å²) < 4.78 is 1.95. The maximum atomic E-state index is 8.95. The molecule has 0 amide bonds. The van der Waals surface area contributed by atoms with Gasteiger partial charge >= 0.3 is 0 Å². The zero-order valence-electron chi connectivity index (χ0n) is 7.39. The van der Waals surface area contributed by atoms with Crippen molar-refractivity contribution in [3.8, 4) is 0 Å². The topological polar surface area (TPSA) is 50.9 Å². The molecule has 1 fully saturated rings. The molecule has 1 aliphatic heterocycles. The molecule has 0 bridgehead atoms. The van der Waals surface area contributed by atoms with Crippen molar-refractivity contribution in [3.05, 3.63) is 12.2 Å². The molecule has 2 heterocycles. The summed E-state index contributed by atoms with van der Waals surface area (Å²) in [5.74, 6) is 1.94. The lowest BCUT2D eigenvalue weighted by Gasteiger charge is -2.09. The molecule has 0 aliphatic carbocycles. The van der Waals surface area contributed by atoms with E-state index < -0.39 is 0 Å². The quantitative estimate of drug-likeness (QED) is 0.777. The highest BCUT2D eigenvalue weighted by Gasteiger charge is 2.17. The highest BCUT2D eigenvalue weighted by Crippen LogP contribution is 2.27. The molecule has 1 aromatic heterocycles. The summed E-state index contributed by atoms with van der Waals surface area (Å²) in [7, 11) is 0. The van der Waals surface area contributed by atoms with E-state index in [1.165, 1.54) is 18.6 Å². The van der Waals surface area contributed by atoms with Crippen LogP contribution in [-0.2, 0) is 13.2 Å². The lowest BCUT2D eigenvalue weighted by molar-refractivity contribution is 0.264. The Labute approximate surface area is 81.4 Å².